The van der Waals surface area contributed by atoms with Crippen molar-refractivity contribution in [2.24, 2.45) is 12.8 Å². The molecule has 2 aromatic rings. The molecule has 2 aromatic heterocycles. The van der Waals surface area contributed by atoms with Crippen molar-refractivity contribution >= 4 is 11.8 Å². The van der Waals surface area contributed by atoms with E-state index in [1.54, 1.807) is 24.2 Å². The highest BCUT2D eigenvalue weighted by Gasteiger charge is 2.22. The summed E-state index contributed by atoms with van der Waals surface area (Å²) < 4.78 is 7.38. The smallest absolute Gasteiger partial charge is 0.168 e. The van der Waals surface area contributed by atoms with Crippen molar-refractivity contribution < 1.29 is 4.42 Å². The first-order chi connectivity index (χ1) is 7.68. The first-order valence-electron chi connectivity index (χ1n) is 5.11. The molecule has 0 saturated carbocycles. The van der Waals surface area contributed by atoms with Crippen LogP contribution in [0, 0.1) is 0 Å². The molecule has 0 aliphatic carbocycles. The van der Waals surface area contributed by atoms with Gasteiger partial charge in [0.25, 0.3) is 0 Å². The largest absolute Gasteiger partial charge is 0.468 e. The molecule has 4 nitrogen and oxygen atoms in total. The topological polar surface area (TPSA) is 57.0 Å². The lowest BCUT2D eigenvalue weighted by Crippen LogP contribution is -2.22. The second-order valence-electron chi connectivity index (χ2n) is 3.73. The number of imidazole rings is 1. The summed E-state index contributed by atoms with van der Waals surface area (Å²) in [4.78, 5) is 4.28. The molecule has 2 N–H and O–H groups in total. The van der Waals surface area contributed by atoms with E-state index in [-0.39, 0.29) is 11.3 Å². The Morgan fingerprint density at radius 1 is 1.56 bits per heavy atom. The Bertz CT molecular complexity index is 436. The fourth-order valence-electron chi connectivity index (χ4n) is 1.46. The predicted molar refractivity (Wildman–Crippen MR) is 64.2 cm³/mol. The van der Waals surface area contributed by atoms with Crippen LogP contribution in [0.3, 0.4) is 0 Å². The van der Waals surface area contributed by atoms with E-state index in [2.05, 4.69) is 4.98 Å². The molecule has 0 amide bonds. The molecule has 5 heteroatoms. The van der Waals surface area contributed by atoms with Gasteiger partial charge in [0.1, 0.15) is 5.76 Å². The zero-order chi connectivity index (χ0) is 11.5. The lowest BCUT2D eigenvalue weighted by Gasteiger charge is -2.17. The zero-order valence-electron chi connectivity index (χ0n) is 9.33. The van der Waals surface area contributed by atoms with Crippen LogP contribution in [0.1, 0.15) is 17.9 Å². The molecule has 86 valence electrons. The van der Waals surface area contributed by atoms with Crippen LogP contribution in [0.5, 0.6) is 0 Å². The van der Waals surface area contributed by atoms with E-state index in [4.69, 9.17) is 10.2 Å². The molecule has 0 bridgehead atoms. The first kappa shape index (κ1) is 11.3. The van der Waals surface area contributed by atoms with Gasteiger partial charge < -0.3 is 14.7 Å². The van der Waals surface area contributed by atoms with Gasteiger partial charge in [0, 0.05) is 25.5 Å². The van der Waals surface area contributed by atoms with Crippen molar-refractivity contribution in [3.8, 4) is 0 Å². The van der Waals surface area contributed by atoms with Crippen LogP contribution >= 0.6 is 11.8 Å². The fourth-order valence-corrected chi connectivity index (χ4v) is 2.50. The normalized spacial score (nSPS) is 14.9. The van der Waals surface area contributed by atoms with E-state index in [0.717, 1.165) is 10.9 Å². The van der Waals surface area contributed by atoms with E-state index in [1.165, 1.54) is 0 Å². The Morgan fingerprint density at radius 3 is 2.88 bits per heavy atom. The molecule has 0 saturated heterocycles. The van der Waals surface area contributed by atoms with E-state index in [1.807, 2.05) is 36.9 Å². The molecule has 0 fully saturated rings. The van der Waals surface area contributed by atoms with E-state index in [0.29, 0.717) is 0 Å². The van der Waals surface area contributed by atoms with Crippen molar-refractivity contribution in [1.82, 2.24) is 9.55 Å². The van der Waals surface area contributed by atoms with Gasteiger partial charge in [-0.3, -0.25) is 0 Å². The highest BCUT2D eigenvalue weighted by molar-refractivity contribution is 7.99. The number of aryl methyl sites for hydroxylation is 1. The third kappa shape index (κ3) is 2.31. The number of nitrogens with zero attached hydrogens (tertiary/aromatic N) is 2. The third-order valence-electron chi connectivity index (χ3n) is 2.31. The third-order valence-corrected chi connectivity index (χ3v) is 3.83. The number of furan rings is 1. The van der Waals surface area contributed by atoms with Crippen molar-refractivity contribution in [1.29, 1.82) is 0 Å². The molecule has 16 heavy (non-hydrogen) atoms. The quantitative estimate of drug-likeness (QED) is 0.828. The highest BCUT2D eigenvalue weighted by Crippen LogP contribution is 2.36. The fraction of sp³-hybridized carbons (Fsp3) is 0.364. The van der Waals surface area contributed by atoms with Crippen molar-refractivity contribution in [2.45, 2.75) is 23.4 Å². The van der Waals surface area contributed by atoms with Crippen LogP contribution in [0.2, 0.25) is 0 Å². The summed E-state index contributed by atoms with van der Waals surface area (Å²) in [6, 6.07) is 3.83. The second kappa shape index (κ2) is 4.76. The summed E-state index contributed by atoms with van der Waals surface area (Å²) in [6.07, 6.45) is 5.37. The van der Waals surface area contributed by atoms with Gasteiger partial charge in [0.05, 0.1) is 11.5 Å². The number of nitrogens with two attached hydrogens (primary N) is 1. The number of hydrogen-bond acceptors (Lipinski definition) is 4. The van der Waals surface area contributed by atoms with Gasteiger partial charge in [-0.15, -0.1) is 0 Å². The molecule has 0 radical (unpaired) electrons. The highest BCUT2D eigenvalue weighted by atomic mass is 32.2. The SMILES string of the molecule is CC(N)C(Sc1nccn1C)c1ccco1. The molecular formula is C11H15N3OS. The summed E-state index contributed by atoms with van der Waals surface area (Å²) in [5, 5.41) is 1.04. The monoisotopic (exact) mass is 237 g/mol. The molecule has 0 spiro atoms. The Morgan fingerprint density at radius 2 is 2.38 bits per heavy atom. The van der Waals surface area contributed by atoms with Gasteiger partial charge in [-0.2, -0.15) is 0 Å². The molecular weight excluding hydrogens is 222 g/mol. The molecule has 0 aromatic carbocycles. The summed E-state index contributed by atoms with van der Waals surface area (Å²) >= 11 is 1.62. The minimum Gasteiger partial charge on any atom is -0.468 e. The van der Waals surface area contributed by atoms with Gasteiger partial charge >= 0.3 is 0 Å². The molecule has 0 aliphatic heterocycles. The van der Waals surface area contributed by atoms with Gasteiger partial charge in [-0.05, 0) is 19.1 Å². The average Bonchev–Trinajstić information content (AvgIpc) is 2.85. The van der Waals surface area contributed by atoms with Crippen LogP contribution in [0.4, 0.5) is 0 Å². The summed E-state index contributed by atoms with van der Waals surface area (Å²) in [7, 11) is 1.97. The minimum atomic E-state index is 0.00727. The Balaban J connectivity index is 2.19. The summed E-state index contributed by atoms with van der Waals surface area (Å²) in [5.74, 6) is 0.892. The summed E-state index contributed by atoms with van der Waals surface area (Å²) in [6.45, 7) is 1.98. The van der Waals surface area contributed by atoms with Gasteiger partial charge in [0.15, 0.2) is 5.16 Å². The number of rotatable bonds is 4. The Labute approximate surface area is 98.8 Å². The molecule has 2 rings (SSSR count). The molecule has 2 heterocycles. The van der Waals surface area contributed by atoms with Gasteiger partial charge in [-0.1, -0.05) is 11.8 Å². The zero-order valence-corrected chi connectivity index (χ0v) is 10.1. The lowest BCUT2D eigenvalue weighted by atomic mass is 10.2. The molecule has 0 aliphatic rings. The van der Waals surface area contributed by atoms with Crippen LogP contribution in [0.25, 0.3) is 0 Å². The standard InChI is InChI=1S/C11H15N3OS/c1-8(12)10(9-4-3-7-15-9)16-11-13-5-6-14(11)2/h3-8,10H,12H2,1-2H3. The first-order valence-corrected chi connectivity index (χ1v) is 5.99. The number of aromatic nitrogens is 2. The maximum Gasteiger partial charge on any atom is 0.168 e. The Kier molecular flexibility index (Phi) is 3.36. The summed E-state index contributed by atoms with van der Waals surface area (Å²) in [5.41, 5.74) is 5.98. The second-order valence-corrected chi connectivity index (χ2v) is 4.84. The predicted octanol–water partition coefficient (Wildman–Crippen LogP) is 2.19. The van der Waals surface area contributed by atoms with Crippen LogP contribution in [-0.4, -0.2) is 15.6 Å². The van der Waals surface area contributed by atoms with E-state index < -0.39 is 0 Å². The van der Waals surface area contributed by atoms with Gasteiger partial charge in [0.2, 0.25) is 0 Å². The minimum absolute atomic E-state index is 0.00727. The van der Waals surface area contributed by atoms with Crippen molar-refractivity contribution in [2.75, 3.05) is 0 Å². The lowest BCUT2D eigenvalue weighted by molar-refractivity contribution is 0.486. The van der Waals surface area contributed by atoms with E-state index in [9.17, 15) is 0 Å². The maximum absolute atomic E-state index is 5.98. The van der Waals surface area contributed by atoms with Gasteiger partial charge in [-0.25, -0.2) is 4.98 Å². The van der Waals surface area contributed by atoms with Crippen molar-refractivity contribution in [3.05, 3.63) is 36.5 Å². The van der Waals surface area contributed by atoms with E-state index >= 15 is 0 Å². The molecule has 2 unspecified atom stereocenters. The average molecular weight is 237 g/mol. The van der Waals surface area contributed by atoms with Crippen LogP contribution < -0.4 is 5.73 Å². The van der Waals surface area contributed by atoms with Crippen LogP contribution in [-0.2, 0) is 7.05 Å². The van der Waals surface area contributed by atoms with Crippen LogP contribution in [0.15, 0.2) is 40.4 Å². The maximum atomic E-state index is 5.98. The van der Waals surface area contributed by atoms with Crippen molar-refractivity contribution in [3.63, 3.8) is 0 Å². The number of thioether (sulfide) groups is 1. The Hall–Kier alpha value is -1.20. The number of hydrogen-bond donors (Lipinski definition) is 1. The molecule has 2 atom stereocenters.